The van der Waals surface area contributed by atoms with E-state index in [0.29, 0.717) is 24.0 Å². The number of ether oxygens (including phenoxy) is 1. The van der Waals surface area contributed by atoms with Gasteiger partial charge >= 0.3 is 0 Å². The van der Waals surface area contributed by atoms with Crippen LogP contribution in [0, 0.1) is 0 Å². The molecule has 0 amide bonds. The first kappa shape index (κ1) is 42.2. The fourth-order valence-electron chi connectivity index (χ4n) is 8.27. The molecule has 1 aromatic carbocycles. The van der Waals surface area contributed by atoms with Gasteiger partial charge in [0.1, 0.15) is 17.4 Å². The third-order valence-corrected chi connectivity index (χ3v) is 12.0. The van der Waals surface area contributed by atoms with Crippen LogP contribution in [-0.2, 0) is 12.8 Å². The Morgan fingerprint density at radius 1 is 0.613 bits per heavy atom. The van der Waals surface area contributed by atoms with Crippen LogP contribution in [0.1, 0.15) is 116 Å². The molecule has 0 saturated carbocycles. The van der Waals surface area contributed by atoms with Gasteiger partial charge in [-0.25, -0.2) is 9.97 Å². The van der Waals surface area contributed by atoms with E-state index in [4.69, 9.17) is 33.7 Å². The fourth-order valence-corrected chi connectivity index (χ4v) is 8.27. The molecule has 0 aliphatic carbocycles. The molecule has 2 aliphatic heterocycles. The number of aromatic nitrogens is 8. The maximum Gasteiger partial charge on any atom is 0.257 e. The average Bonchev–Trinajstić information content (AvgIpc) is 4.05. The zero-order chi connectivity index (χ0) is 42.5. The number of hydrogen-bond donors (Lipinski definition) is 0. The second-order valence-corrected chi connectivity index (χ2v) is 16.1. The largest absolute Gasteiger partial charge is 0.497 e. The van der Waals surface area contributed by atoms with Crippen molar-refractivity contribution in [1.29, 1.82) is 0 Å². The smallest absolute Gasteiger partial charge is 0.257 e. The maximum absolute atomic E-state index is 5.66. The van der Waals surface area contributed by atoms with Crippen molar-refractivity contribution in [3.63, 3.8) is 0 Å². The highest BCUT2D eigenvalue weighted by atomic mass is 16.5. The van der Waals surface area contributed by atoms with Gasteiger partial charge in [-0.1, -0.05) is 48.4 Å². The van der Waals surface area contributed by atoms with Gasteiger partial charge in [-0.15, -0.1) is 0 Å². The minimum absolute atomic E-state index is 0.0157. The van der Waals surface area contributed by atoms with Crippen LogP contribution in [0.3, 0.4) is 0 Å². The van der Waals surface area contributed by atoms with Crippen molar-refractivity contribution >= 4 is 11.6 Å². The molecule has 2 saturated heterocycles. The van der Waals surface area contributed by atoms with E-state index in [0.717, 1.165) is 78.9 Å². The lowest BCUT2D eigenvalue weighted by molar-refractivity contribution is 0.351. The van der Waals surface area contributed by atoms with Crippen LogP contribution < -0.4 is 14.5 Å². The summed E-state index contributed by atoms with van der Waals surface area (Å²) in [6, 6.07) is 24.0. The Kier molecular flexibility index (Phi) is 14.2. The normalized spacial score (nSPS) is 15.6. The number of nitrogens with zero attached hydrogens (tertiary/aromatic N) is 10. The van der Waals surface area contributed by atoms with Crippen LogP contribution in [-0.4, -0.2) is 73.5 Å². The third kappa shape index (κ3) is 10.3. The lowest BCUT2D eigenvalue weighted by Gasteiger charge is -2.30. The summed E-state index contributed by atoms with van der Waals surface area (Å²) in [5.74, 6) is 5.64. The summed E-state index contributed by atoms with van der Waals surface area (Å²) in [4.78, 5) is 32.5. The van der Waals surface area contributed by atoms with E-state index in [1.165, 1.54) is 49.7 Å². The monoisotopic (exact) mass is 832 g/mol. The molecule has 320 valence electrons. The number of pyridine rings is 4. The van der Waals surface area contributed by atoms with Gasteiger partial charge in [-0.05, 0) is 129 Å². The van der Waals surface area contributed by atoms with Crippen LogP contribution in [0.2, 0.25) is 0 Å². The van der Waals surface area contributed by atoms with E-state index in [9.17, 15) is 0 Å². The standard InChI is InChI=1S/C26H27N5O2.C23H29N5O/c1-32-22-11-9-19(10-12-22)26-29-24(30-33-26)23(21-8-5-13-27-18-21)17-20-7-6-14-28-25(20)31-15-3-2-4-16-31;1-3-17(2)23-26-21(27-29-23)20(19-10-7-11-24-16-19)15-18-9-8-12-25-22(18)28-13-5-4-6-14-28/h5-14,18,23H,2-4,15-17H2,1H3;7-12,16-17,20H,3-6,13-15H2,1-2H3. The van der Waals surface area contributed by atoms with Gasteiger partial charge in [0.25, 0.3) is 5.89 Å². The van der Waals surface area contributed by atoms with Crippen molar-refractivity contribution in [3.8, 4) is 17.2 Å². The topological polar surface area (TPSA) is 145 Å². The second kappa shape index (κ2) is 20.8. The van der Waals surface area contributed by atoms with Crippen LogP contribution in [0.25, 0.3) is 11.5 Å². The van der Waals surface area contributed by atoms with Gasteiger partial charge in [0.2, 0.25) is 5.89 Å². The maximum atomic E-state index is 5.66. The molecule has 2 aliphatic rings. The summed E-state index contributed by atoms with van der Waals surface area (Å²) in [6.07, 6.45) is 21.0. The summed E-state index contributed by atoms with van der Waals surface area (Å²) in [7, 11) is 1.65. The van der Waals surface area contributed by atoms with Crippen molar-refractivity contribution < 1.29 is 13.8 Å². The van der Waals surface area contributed by atoms with E-state index in [2.05, 4.69) is 68.2 Å². The Morgan fingerprint density at radius 3 is 1.63 bits per heavy atom. The van der Waals surface area contributed by atoms with Crippen molar-refractivity contribution in [3.05, 3.63) is 150 Å². The molecular weight excluding hydrogens is 777 g/mol. The van der Waals surface area contributed by atoms with E-state index in [-0.39, 0.29) is 17.8 Å². The summed E-state index contributed by atoms with van der Waals surface area (Å²) >= 11 is 0. The van der Waals surface area contributed by atoms with E-state index in [1.54, 1.807) is 19.5 Å². The zero-order valence-corrected chi connectivity index (χ0v) is 36.0. The summed E-state index contributed by atoms with van der Waals surface area (Å²) in [5.41, 5.74) is 5.41. The van der Waals surface area contributed by atoms with Crippen molar-refractivity contribution in [1.82, 2.24) is 40.2 Å². The van der Waals surface area contributed by atoms with E-state index < -0.39 is 0 Å². The third-order valence-electron chi connectivity index (χ3n) is 12.0. The van der Waals surface area contributed by atoms with Crippen LogP contribution in [0.5, 0.6) is 5.75 Å². The molecule has 0 radical (unpaired) electrons. The lowest BCUT2D eigenvalue weighted by atomic mass is 9.92. The predicted octanol–water partition coefficient (Wildman–Crippen LogP) is 9.64. The van der Waals surface area contributed by atoms with Gasteiger partial charge in [0, 0.05) is 74.8 Å². The molecule has 2 fully saturated rings. The molecule has 3 unspecified atom stereocenters. The van der Waals surface area contributed by atoms with E-state index >= 15 is 0 Å². The summed E-state index contributed by atoms with van der Waals surface area (Å²) in [6.45, 7) is 8.49. The predicted molar refractivity (Wildman–Crippen MR) is 239 cm³/mol. The number of methoxy groups -OCH3 is 1. The molecule has 0 bridgehead atoms. The molecular formula is C49H56N10O3. The molecule has 8 heterocycles. The molecule has 13 heteroatoms. The van der Waals surface area contributed by atoms with Gasteiger partial charge < -0.3 is 23.6 Å². The van der Waals surface area contributed by atoms with Crippen LogP contribution in [0.15, 0.2) is 119 Å². The highest BCUT2D eigenvalue weighted by Crippen LogP contribution is 2.34. The second-order valence-electron chi connectivity index (χ2n) is 16.1. The molecule has 3 atom stereocenters. The van der Waals surface area contributed by atoms with Gasteiger partial charge in [-0.3, -0.25) is 9.97 Å². The first-order chi connectivity index (χ1) is 30.6. The minimum atomic E-state index is -0.0952. The SMILES string of the molecule is CCC(C)c1nc(C(Cc2cccnc2N2CCCCC2)c2cccnc2)no1.COc1ccc(-c2nc(C(Cc3cccnc3N3CCCCC3)c3cccnc3)no2)cc1. The average molecular weight is 833 g/mol. The first-order valence-corrected chi connectivity index (χ1v) is 22.1. The van der Waals surface area contributed by atoms with Crippen LogP contribution in [0.4, 0.5) is 11.6 Å². The zero-order valence-electron chi connectivity index (χ0n) is 36.0. The minimum Gasteiger partial charge on any atom is -0.497 e. The Bertz CT molecular complexity index is 2410. The number of anilines is 2. The number of hydrogen-bond acceptors (Lipinski definition) is 13. The van der Waals surface area contributed by atoms with Crippen molar-refractivity contribution in [2.45, 2.75) is 89.4 Å². The Balaban J connectivity index is 0.000000172. The first-order valence-electron chi connectivity index (χ1n) is 22.1. The van der Waals surface area contributed by atoms with Crippen molar-refractivity contribution in [2.75, 3.05) is 43.1 Å². The number of benzene rings is 1. The fraction of sp³-hybridized carbons (Fsp3) is 0.388. The van der Waals surface area contributed by atoms with Gasteiger partial charge in [0.15, 0.2) is 11.6 Å². The molecule has 62 heavy (non-hydrogen) atoms. The van der Waals surface area contributed by atoms with Gasteiger partial charge in [0.05, 0.1) is 18.9 Å². The molecule has 7 aromatic rings. The number of piperidine rings is 2. The molecule has 6 aromatic heterocycles. The Hall–Kier alpha value is -6.50. The van der Waals surface area contributed by atoms with Crippen molar-refractivity contribution in [2.24, 2.45) is 0 Å². The highest BCUT2D eigenvalue weighted by Gasteiger charge is 2.27. The Labute approximate surface area is 364 Å². The Morgan fingerprint density at radius 2 is 1.13 bits per heavy atom. The quantitative estimate of drug-likeness (QED) is 0.103. The highest BCUT2D eigenvalue weighted by molar-refractivity contribution is 5.55. The molecule has 0 N–H and O–H groups in total. The number of rotatable bonds is 14. The van der Waals surface area contributed by atoms with Gasteiger partial charge in [-0.2, -0.15) is 9.97 Å². The van der Waals surface area contributed by atoms with E-state index in [1.807, 2.05) is 73.3 Å². The molecule has 13 nitrogen and oxygen atoms in total. The summed E-state index contributed by atoms with van der Waals surface area (Å²) in [5, 5.41) is 8.72. The lowest BCUT2D eigenvalue weighted by Crippen LogP contribution is -2.31. The molecule has 0 spiro atoms. The van der Waals surface area contributed by atoms with Crippen LogP contribution >= 0.6 is 0 Å². The summed E-state index contributed by atoms with van der Waals surface area (Å²) < 4.78 is 16.5. The molecule has 9 rings (SSSR count).